The fraction of sp³-hybridized carbons (Fsp3) is 0.455. The first-order chi connectivity index (χ1) is 53.3. The van der Waals surface area contributed by atoms with Crippen molar-refractivity contribution in [1.29, 1.82) is 0 Å². The Labute approximate surface area is 639 Å². The van der Waals surface area contributed by atoms with Gasteiger partial charge in [0.1, 0.15) is 35.1 Å². The summed E-state index contributed by atoms with van der Waals surface area (Å²) in [4.78, 5) is 118. The average molecular weight is 1600 g/mol. The minimum Gasteiger partial charge on any atom is -0.496 e. The summed E-state index contributed by atoms with van der Waals surface area (Å²) in [7, 11) is 3.93. The second-order valence-corrected chi connectivity index (χ2v) is 27.1. The number of aromatic nitrogens is 4. The maximum atomic E-state index is 13.4. The highest BCUT2D eigenvalue weighted by atomic mass is 19.4. The van der Waals surface area contributed by atoms with Crippen molar-refractivity contribution in [3.63, 3.8) is 0 Å². The van der Waals surface area contributed by atoms with E-state index in [-0.39, 0.29) is 109 Å². The molecule has 4 amide bonds. The number of benzene rings is 1. The molecule has 0 bridgehead atoms. The first-order valence-electron chi connectivity index (χ1n) is 35.5. The van der Waals surface area contributed by atoms with Gasteiger partial charge in [-0.15, -0.1) is 0 Å². The highest BCUT2D eigenvalue weighted by molar-refractivity contribution is 5.98. The standard InChI is InChI=1S/C26H27F3N2O5.C19H21F3N2O4.C18H19F3N2O4.C14H13F3N2O3/c1-16-24(25(33)36-15-18-6-3-4-8-21(18)34-2)20(17-9-10-22(30-13-17)26(27,28)29)12-23(32)31(16)14-19-7-5-11-35-19;1-11-17(18(26)27-2)14(12-5-6-15(23-9-12)19(20,21)22)8-16(25)24(11)10-13-4-3-7-28-13;1-10-16(17(25)26)13(11-4-5-14(22-8-11)18(19,20)21)7-15(24)23(10)9-12-3-2-6-27-12;1-7-12(13(21)22-2)9(5-11(20)19-7)8-3-4-10(18-6-8)14(15,16)17/h3-4,6,8-10,13,19-20H,5,7,11-12,14-15H2,1-2H3;5-6,9,13-14H,3-4,7-8,10H2,1-2H3;4-5,8,12-13H,2-3,6-7,9H2,1H3,(H,25,26);3-4,6,9H,5H2,1-2H3,(H,19,20)/t19-,20+;13-,14+;12-,13+;9-/m1110/s1. The molecule has 0 saturated carbocycles. The molecule has 0 spiro atoms. The molecule has 5 aromatic rings. The van der Waals surface area contributed by atoms with Crippen LogP contribution in [0.3, 0.4) is 0 Å². The number of ether oxygens (including phenoxy) is 7. The second-order valence-electron chi connectivity index (χ2n) is 27.1. The number of carboxylic acids is 1. The van der Waals surface area contributed by atoms with Crippen LogP contribution in [0.2, 0.25) is 0 Å². The maximum Gasteiger partial charge on any atom is 0.433 e. The molecule has 7 aliphatic heterocycles. The lowest BCUT2D eigenvalue weighted by molar-refractivity contribution is -0.143. The molecule has 12 rings (SSSR count). The van der Waals surface area contributed by atoms with Crippen molar-refractivity contribution >= 4 is 47.5 Å². The first kappa shape index (κ1) is 86.4. The fourth-order valence-corrected chi connectivity index (χ4v) is 14.2. The van der Waals surface area contributed by atoms with Crippen LogP contribution >= 0.6 is 0 Å². The molecule has 2 N–H and O–H groups in total. The van der Waals surface area contributed by atoms with Gasteiger partial charge in [0.25, 0.3) is 0 Å². The van der Waals surface area contributed by atoms with Gasteiger partial charge in [-0.2, -0.15) is 52.7 Å². The molecule has 0 aliphatic carbocycles. The zero-order valence-corrected chi connectivity index (χ0v) is 62.0. The van der Waals surface area contributed by atoms with Crippen molar-refractivity contribution in [3.8, 4) is 5.75 Å². The molecular weight excluding hydrogens is 1520 g/mol. The Balaban J connectivity index is 0.000000175. The molecule has 113 heavy (non-hydrogen) atoms. The van der Waals surface area contributed by atoms with Crippen LogP contribution < -0.4 is 10.1 Å². The highest BCUT2D eigenvalue weighted by Crippen LogP contribution is 2.43. The third-order valence-corrected chi connectivity index (χ3v) is 19.9. The van der Waals surface area contributed by atoms with Crippen LogP contribution in [0.4, 0.5) is 52.7 Å². The van der Waals surface area contributed by atoms with Crippen LogP contribution in [0.25, 0.3) is 0 Å². The van der Waals surface area contributed by atoms with E-state index in [1.54, 1.807) is 45.0 Å². The van der Waals surface area contributed by atoms with Gasteiger partial charge in [0.05, 0.1) is 81.6 Å². The number of pyridine rings is 4. The SMILES string of the molecule is CC1=C(C(=O)O)[C@H](c2ccc(C(F)(F)F)nc2)CC(=O)N1C[C@H]1CCCO1.COC(=O)C1=C(C)N(C[C@H]2CCCO2)C(=O)C[C@H]1c1ccc(C(F)(F)F)nc1.COC(=O)C1=C(C)NC(=O)C[C@H]1c1ccc(C(F)(F)F)nc1.COc1ccccc1COC(=O)C1=C(C)N(C[C@H]2CCCO2)C(=O)C[C@H]1c1ccc(C(F)(F)F)nc1. The van der Waals surface area contributed by atoms with Gasteiger partial charge in [-0.25, -0.2) is 19.2 Å². The molecule has 7 atom stereocenters. The Bertz CT molecular complexity index is 4440. The molecule has 36 heteroatoms. The lowest BCUT2D eigenvalue weighted by Crippen LogP contribution is -2.42. The van der Waals surface area contributed by atoms with Crippen molar-refractivity contribution in [2.24, 2.45) is 0 Å². The number of nitrogens with one attached hydrogen (secondary N) is 1. The summed E-state index contributed by atoms with van der Waals surface area (Å²) in [5.74, 6) is -6.66. The lowest BCUT2D eigenvalue weighted by atomic mass is 9.84. The molecule has 1 aromatic carbocycles. The predicted octanol–water partition coefficient (Wildman–Crippen LogP) is 12.8. The molecular formula is C77H80F12N8O16. The Morgan fingerprint density at radius 2 is 0.788 bits per heavy atom. The van der Waals surface area contributed by atoms with E-state index in [1.165, 1.54) is 67.2 Å². The molecule has 11 heterocycles. The zero-order chi connectivity index (χ0) is 82.6. The minimum atomic E-state index is -4.60. The van der Waals surface area contributed by atoms with E-state index in [1.807, 2.05) is 0 Å². The lowest BCUT2D eigenvalue weighted by Gasteiger charge is -2.35. The van der Waals surface area contributed by atoms with Crippen LogP contribution in [-0.4, -0.2) is 166 Å². The number of rotatable bonds is 17. The van der Waals surface area contributed by atoms with Gasteiger partial charge in [0, 0.05) is 122 Å². The number of para-hydroxylation sites is 1. The van der Waals surface area contributed by atoms with E-state index < -0.39 is 95.0 Å². The summed E-state index contributed by atoms with van der Waals surface area (Å²) in [5.41, 5.74) is -0.0868. The van der Waals surface area contributed by atoms with Gasteiger partial charge in [-0.3, -0.25) is 39.1 Å². The number of amides is 4. The number of carboxylic acid groups (broad SMARTS) is 1. The van der Waals surface area contributed by atoms with E-state index in [0.29, 0.717) is 83.7 Å². The van der Waals surface area contributed by atoms with E-state index in [2.05, 4.69) is 30.0 Å². The Morgan fingerprint density at radius 1 is 0.460 bits per heavy atom. The zero-order valence-electron chi connectivity index (χ0n) is 62.0. The number of nitrogens with zero attached hydrogens (tertiary/aromatic N) is 7. The van der Waals surface area contributed by atoms with Gasteiger partial charge in [-0.1, -0.05) is 42.5 Å². The summed E-state index contributed by atoms with van der Waals surface area (Å²) in [6, 6.07) is 15.3. The smallest absolute Gasteiger partial charge is 0.433 e. The number of esters is 3. The second kappa shape index (κ2) is 36.9. The van der Waals surface area contributed by atoms with Gasteiger partial charge in [-0.05, 0) is 119 Å². The summed E-state index contributed by atoms with van der Waals surface area (Å²) < 4.78 is 190. The van der Waals surface area contributed by atoms with Crippen molar-refractivity contribution < 1.29 is 129 Å². The van der Waals surface area contributed by atoms with Crippen molar-refractivity contribution in [2.45, 2.75) is 165 Å². The number of carbonyl (C=O) groups is 8. The quantitative estimate of drug-likeness (QED) is 0.0496. The third kappa shape index (κ3) is 21.4. The summed E-state index contributed by atoms with van der Waals surface area (Å²) in [5, 5.41) is 12.2. The molecule has 3 fully saturated rings. The number of hydrogen-bond donors (Lipinski definition) is 2. The summed E-state index contributed by atoms with van der Waals surface area (Å²) in [6.07, 6.45) is -9.73. The minimum absolute atomic E-state index is 0.00541. The molecule has 3 saturated heterocycles. The predicted molar refractivity (Wildman–Crippen MR) is 372 cm³/mol. The average Bonchev–Trinajstić information content (AvgIpc) is 1.39. The van der Waals surface area contributed by atoms with Crippen LogP contribution in [0.5, 0.6) is 5.75 Å². The van der Waals surface area contributed by atoms with Crippen molar-refractivity contribution in [2.75, 3.05) is 60.8 Å². The monoisotopic (exact) mass is 1600 g/mol. The largest absolute Gasteiger partial charge is 0.496 e. The van der Waals surface area contributed by atoms with E-state index in [4.69, 9.17) is 28.4 Å². The number of methoxy groups -OCH3 is 3. The Morgan fingerprint density at radius 3 is 1.10 bits per heavy atom. The molecule has 24 nitrogen and oxygen atoms in total. The maximum absolute atomic E-state index is 13.4. The van der Waals surface area contributed by atoms with Gasteiger partial charge in [0.15, 0.2) is 0 Å². The Hall–Kier alpha value is -10.6. The van der Waals surface area contributed by atoms with E-state index in [9.17, 15) is 96.1 Å². The Kier molecular flexibility index (Phi) is 28.2. The number of aliphatic carboxylic acids is 1. The first-order valence-corrected chi connectivity index (χ1v) is 35.5. The summed E-state index contributed by atoms with van der Waals surface area (Å²) in [6.45, 7) is 9.07. The number of hydrogen-bond acceptors (Lipinski definition) is 19. The number of alkyl halides is 12. The normalized spacial score (nSPS) is 21.7. The summed E-state index contributed by atoms with van der Waals surface area (Å²) >= 11 is 0. The molecule has 608 valence electrons. The molecule has 7 aliphatic rings. The molecule has 4 aromatic heterocycles. The van der Waals surface area contributed by atoms with Crippen LogP contribution in [-0.2, 0) is 98.1 Å². The topological polar surface area (TPSA) is 295 Å². The van der Waals surface area contributed by atoms with Crippen molar-refractivity contribution in [1.82, 2.24) is 40.0 Å². The molecule has 0 radical (unpaired) electrons. The molecule has 0 unspecified atom stereocenters. The van der Waals surface area contributed by atoms with Crippen LogP contribution in [0.1, 0.15) is 166 Å². The van der Waals surface area contributed by atoms with Gasteiger partial charge in [0.2, 0.25) is 23.6 Å². The highest BCUT2D eigenvalue weighted by Gasteiger charge is 2.44. The van der Waals surface area contributed by atoms with Gasteiger partial charge < -0.3 is 58.3 Å². The van der Waals surface area contributed by atoms with Gasteiger partial charge >= 0.3 is 48.6 Å². The van der Waals surface area contributed by atoms with Crippen molar-refractivity contribution in [3.05, 3.63) is 193 Å². The third-order valence-electron chi connectivity index (χ3n) is 19.9. The van der Waals surface area contributed by atoms with Crippen LogP contribution in [0.15, 0.2) is 143 Å². The fourth-order valence-electron chi connectivity index (χ4n) is 14.2. The number of carbonyl (C=O) groups excluding carboxylic acids is 7. The number of allylic oxidation sites excluding steroid dienone is 4. The van der Waals surface area contributed by atoms with E-state index >= 15 is 0 Å². The number of halogens is 12. The van der Waals surface area contributed by atoms with E-state index in [0.717, 1.165) is 87.6 Å². The van der Waals surface area contributed by atoms with Crippen LogP contribution in [0, 0.1) is 0 Å².